The van der Waals surface area contributed by atoms with Crippen LogP contribution in [0.5, 0.6) is 0 Å². The van der Waals surface area contributed by atoms with Gasteiger partial charge in [-0.1, -0.05) is 48.4 Å². The summed E-state index contributed by atoms with van der Waals surface area (Å²) in [5, 5.41) is 19.4. The van der Waals surface area contributed by atoms with Crippen LogP contribution in [0.1, 0.15) is 68.6 Å². The monoisotopic (exact) mass is 415 g/mol. The number of amides is 1. The van der Waals surface area contributed by atoms with Crippen molar-refractivity contribution < 1.29 is 19.8 Å². The highest BCUT2D eigenvalue weighted by Crippen LogP contribution is 2.27. The first-order chi connectivity index (χ1) is 14.3. The number of unbranched alkanes of at least 4 members (excludes halogenated alkanes) is 1. The van der Waals surface area contributed by atoms with Crippen molar-refractivity contribution in [3.8, 4) is 0 Å². The zero-order chi connectivity index (χ0) is 22.1. The molecule has 2 rings (SSSR count). The minimum Gasteiger partial charge on any atom is -0.481 e. The summed E-state index contributed by atoms with van der Waals surface area (Å²) in [6.45, 7) is 6.85. The van der Waals surface area contributed by atoms with Crippen LogP contribution >= 0.6 is 0 Å². The quantitative estimate of drug-likeness (QED) is 0.414. The number of likely N-dealkylation sites (tertiary alicyclic amines) is 1. The first-order valence-corrected chi connectivity index (χ1v) is 11.2. The molecule has 1 aliphatic heterocycles. The third kappa shape index (κ3) is 7.94. The van der Waals surface area contributed by atoms with Crippen molar-refractivity contribution >= 4 is 11.9 Å². The van der Waals surface area contributed by atoms with Crippen LogP contribution in [0.3, 0.4) is 0 Å². The Hall–Kier alpha value is -2.14. The molecule has 1 aliphatic rings. The van der Waals surface area contributed by atoms with Crippen molar-refractivity contribution in [3.63, 3.8) is 0 Å². The summed E-state index contributed by atoms with van der Waals surface area (Å²) >= 11 is 0. The first kappa shape index (κ1) is 24.1. The Morgan fingerprint density at radius 2 is 1.93 bits per heavy atom. The Bertz CT molecular complexity index is 722. The summed E-state index contributed by atoms with van der Waals surface area (Å²) in [7, 11) is 0. The van der Waals surface area contributed by atoms with Gasteiger partial charge >= 0.3 is 5.97 Å². The third-order valence-corrected chi connectivity index (χ3v) is 5.89. The number of benzene rings is 1. The lowest BCUT2D eigenvalue weighted by atomic mass is 9.86. The maximum Gasteiger partial charge on any atom is 0.303 e. The SMILES string of the molecule is Cc1cc(C)cc(CC(O)C[C@H](C)[C@H]2CCCC(=O)N2C/C=C\CCCC(=O)O)c1. The van der Waals surface area contributed by atoms with Crippen LogP contribution in [-0.2, 0) is 16.0 Å². The van der Waals surface area contributed by atoms with Crippen LogP contribution in [0.15, 0.2) is 30.4 Å². The van der Waals surface area contributed by atoms with E-state index >= 15 is 0 Å². The Morgan fingerprint density at radius 3 is 2.60 bits per heavy atom. The van der Waals surface area contributed by atoms with Gasteiger partial charge in [0.05, 0.1) is 6.10 Å². The van der Waals surface area contributed by atoms with Crippen LogP contribution in [0.2, 0.25) is 0 Å². The van der Waals surface area contributed by atoms with Gasteiger partial charge in [-0.05, 0) is 63.9 Å². The number of carbonyl (C=O) groups excluding carboxylic acids is 1. The molecule has 0 saturated carbocycles. The lowest BCUT2D eigenvalue weighted by molar-refractivity contribution is -0.138. The average Bonchev–Trinajstić information content (AvgIpc) is 2.64. The third-order valence-electron chi connectivity index (χ3n) is 5.89. The van der Waals surface area contributed by atoms with Gasteiger partial charge in [0.15, 0.2) is 0 Å². The molecule has 166 valence electrons. The maximum absolute atomic E-state index is 12.5. The number of carboxylic acid groups (broad SMARTS) is 1. The number of rotatable bonds is 11. The summed E-state index contributed by atoms with van der Waals surface area (Å²) in [6, 6.07) is 6.54. The number of aliphatic carboxylic acids is 1. The predicted molar refractivity (Wildman–Crippen MR) is 119 cm³/mol. The summed E-state index contributed by atoms with van der Waals surface area (Å²) < 4.78 is 0. The highest BCUT2D eigenvalue weighted by Gasteiger charge is 2.32. The van der Waals surface area contributed by atoms with Crippen molar-refractivity contribution in [2.75, 3.05) is 6.54 Å². The van der Waals surface area contributed by atoms with E-state index in [4.69, 9.17) is 5.11 Å². The highest BCUT2D eigenvalue weighted by atomic mass is 16.4. The summed E-state index contributed by atoms with van der Waals surface area (Å²) in [4.78, 5) is 25.1. The minimum atomic E-state index is -0.775. The summed E-state index contributed by atoms with van der Waals surface area (Å²) in [5.41, 5.74) is 3.59. The molecule has 0 aliphatic carbocycles. The van der Waals surface area contributed by atoms with Gasteiger partial charge in [0.25, 0.3) is 0 Å². The van der Waals surface area contributed by atoms with E-state index in [9.17, 15) is 14.7 Å². The number of carbonyl (C=O) groups is 2. The van der Waals surface area contributed by atoms with E-state index in [1.165, 1.54) is 11.1 Å². The molecule has 1 aromatic carbocycles. The molecule has 1 aromatic rings. The summed E-state index contributed by atoms with van der Waals surface area (Å²) in [6.07, 6.45) is 8.79. The van der Waals surface area contributed by atoms with E-state index in [2.05, 4.69) is 39.0 Å². The molecule has 30 heavy (non-hydrogen) atoms. The van der Waals surface area contributed by atoms with Crippen molar-refractivity contribution in [1.82, 2.24) is 4.90 Å². The van der Waals surface area contributed by atoms with Gasteiger partial charge < -0.3 is 15.1 Å². The Kier molecular flexibility index (Phi) is 9.57. The second kappa shape index (κ2) is 11.9. The van der Waals surface area contributed by atoms with Gasteiger partial charge in [-0.25, -0.2) is 0 Å². The second-order valence-corrected chi connectivity index (χ2v) is 8.83. The number of aliphatic hydroxyl groups excluding tert-OH is 1. The molecule has 5 nitrogen and oxygen atoms in total. The van der Waals surface area contributed by atoms with Crippen LogP contribution in [0.25, 0.3) is 0 Å². The number of carboxylic acids is 1. The van der Waals surface area contributed by atoms with Crippen LogP contribution < -0.4 is 0 Å². The van der Waals surface area contributed by atoms with E-state index in [0.29, 0.717) is 38.6 Å². The number of allylic oxidation sites excluding steroid dienone is 1. The van der Waals surface area contributed by atoms with Crippen molar-refractivity contribution in [2.24, 2.45) is 5.92 Å². The van der Waals surface area contributed by atoms with Gasteiger partial charge in [-0.15, -0.1) is 0 Å². The van der Waals surface area contributed by atoms with E-state index in [1.807, 2.05) is 17.1 Å². The summed E-state index contributed by atoms with van der Waals surface area (Å²) in [5.74, 6) is -0.379. The van der Waals surface area contributed by atoms with Crippen molar-refractivity contribution in [1.29, 1.82) is 0 Å². The van der Waals surface area contributed by atoms with Gasteiger partial charge in [0.1, 0.15) is 0 Å². The van der Waals surface area contributed by atoms with Crippen LogP contribution in [0.4, 0.5) is 0 Å². The molecule has 0 radical (unpaired) electrons. The van der Waals surface area contributed by atoms with E-state index in [-0.39, 0.29) is 24.3 Å². The molecule has 1 unspecified atom stereocenters. The van der Waals surface area contributed by atoms with Crippen LogP contribution in [-0.4, -0.2) is 45.7 Å². The molecule has 1 saturated heterocycles. The van der Waals surface area contributed by atoms with Crippen LogP contribution in [0, 0.1) is 19.8 Å². The van der Waals surface area contributed by atoms with E-state index < -0.39 is 12.1 Å². The first-order valence-electron chi connectivity index (χ1n) is 11.2. The molecule has 1 fully saturated rings. The normalized spacial score (nSPS) is 19.3. The average molecular weight is 416 g/mol. The number of piperidine rings is 1. The molecular weight excluding hydrogens is 378 g/mol. The molecule has 2 N–H and O–H groups in total. The van der Waals surface area contributed by atoms with Crippen molar-refractivity contribution in [2.45, 2.75) is 84.3 Å². The molecule has 5 heteroatoms. The zero-order valence-electron chi connectivity index (χ0n) is 18.6. The lowest BCUT2D eigenvalue weighted by Gasteiger charge is -2.39. The number of hydrogen-bond acceptors (Lipinski definition) is 3. The Morgan fingerprint density at radius 1 is 1.23 bits per heavy atom. The fraction of sp³-hybridized carbons (Fsp3) is 0.600. The standard InChI is InChI=1S/C25H37NO4/c1-18-13-19(2)15-21(14-18)17-22(27)16-20(3)23-9-8-10-24(28)26(23)12-7-5-4-6-11-25(29)30/h5,7,13-15,20,22-23,27H,4,6,8-12,16-17H2,1-3H3,(H,29,30)/b7-5-/t20-,22?,23+/m0/s1. The van der Waals surface area contributed by atoms with Gasteiger partial charge in [0.2, 0.25) is 5.91 Å². The van der Waals surface area contributed by atoms with Gasteiger partial charge in [-0.3, -0.25) is 9.59 Å². The molecule has 1 amide bonds. The van der Waals surface area contributed by atoms with E-state index in [1.54, 1.807) is 0 Å². The second-order valence-electron chi connectivity index (χ2n) is 8.83. The lowest BCUT2D eigenvalue weighted by Crippen LogP contribution is -2.47. The zero-order valence-corrected chi connectivity index (χ0v) is 18.6. The maximum atomic E-state index is 12.5. The van der Waals surface area contributed by atoms with Gasteiger partial charge in [0, 0.05) is 25.4 Å². The molecule has 0 aromatic heterocycles. The highest BCUT2D eigenvalue weighted by molar-refractivity contribution is 5.77. The largest absolute Gasteiger partial charge is 0.481 e. The Balaban J connectivity index is 1.90. The number of nitrogens with zero attached hydrogens (tertiary/aromatic N) is 1. The topological polar surface area (TPSA) is 77.8 Å². The molecule has 0 bridgehead atoms. The van der Waals surface area contributed by atoms with E-state index in [0.717, 1.165) is 18.4 Å². The minimum absolute atomic E-state index is 0.142. The number of aryl methyl sites for hydroxylation is 2. The molecule has 3 atom stereocenters. The predicted octanol–water partition coefficient (Wildman–Crippen LogP) is 4.43. The molecular formula is C25H37NO4. The fourth-order valence-electron chi connectivity index (χ4n) is 4.58. The number of hydrogen-bond donors (Lipinski definition) is 2. The van der Waals surface area contributed by atoms with Crippen molar-refractivity contribution in [3.05, 3.63) is 47.0 Å². The smallest absolute Gasteiger partial charge is 0.303 e. The fourth-order valence-corrected chi connectivity index (χ4v) is 4.58. The molecule has 0 spiro atoms. The molecule has 1 heterocycles. The Labute approximate surface area is 180 Å². The number of aliphatic hydroxyl groups is 1. The van der Waals surface area contributed by atoms with Gasteiger partial charge in [-0.2, -0.15) is 0 Å².